The Bertz CT molecular complexity index is 867. The van der Waals surface area contributed by atoms with Gasteiger partial charge < -0.3 is 14.8 Å². The van der Waals surface area contributed by atoms with E-state index in [9.17, 15) is 14.7 Å². The van der Waals surface area contributed by atoms with E-state index in [-0.39, 0.29) is 5.76 Å². The van der Waals surface area contributed by atoms with Gasteiger partial charge in [0.25, 0.3) is 5.91 Å². The molecule has 1 amide bonds. The van der Waals surface area contributed by atoms with Crippen LogP contribution in [0.15, 0.2) is 59.0 Å². The molecule has 0 spiro atoms. The van der Waals surface area contributed by atoms with Crippen molar-refractivity contribution in [2.45, 2.75) is 13.0 Å². The van der Waals surface area contributed by atoms with Crippen LogP contribution in [0.2, 0.25) is 0 Å². The third-order valence-electron chi connectivity index (χ3n) is 3.71. The van der Waals surface area contributed by atoms with Crippen molar-refractivity contribution < 1.29 is 19.1 Å². The van der Waals surface area contributed by atoms with Gasteiger partial charge in [-0.15, -0.1) is 0 Å². The molecule has 0 bridgehead atoms. The van der Waals surface area contributed by atoms with Crippen LogP contribution in [-0.4, -0.2) is 17.0 Å². The minimum absolute atomic E-state index is 0.133. The van der Waals surface area contributed by atoms with Gasteiger partial charge in [0.1, 0.15) is 5.58 Å². The lowest BCUT2D eigenvalue weighted by Gasteiger charge is -2.14. The number of amides is 1. The molecular weight excluding hydrogens is 294 g/mol. The van der Waals surface area contributed by atoms with Crippen molar-refractivity contribution in [3.8, 4) is 0 Å². The summed E-state index contributed by atoms with van der Waals surface area (Å²) < 4.78 is 5.57. The zero-order valence-corrected chi connectivity index (χ0v) is 12.4. The Balaban J connectivity index is 1.92. The first-order chi connectivity index (χ1) is 11.1. The number of para-hydroxylation sites is 1. The van der Waals surface area contributed by atoms with Crippen LogP contribution < -0.4 is 5.32 Å². The summed E-state index contributed by atoms with van der Waals surface area (Å²) in [4.78, 5) is 23.9. The summed E-state index contributed by atoms with van der Waals surface area (Å²) in [6.07, 6.45) is 0. The Morgan fingerprint density at radius 2 is 1.70 bits per heavy atom. The van der Waals surface area contributed by atoms with Gasteiger partial charge in [-0.2, -0.15) is 0 Å². The molecule has 5 heteroatoms. The fourth-order valence-electron chi connectivity index (χ4n) is 2.52. The Labute approximate surface area is 132 Å². The highest BCUT2D eigenvalue weighted by Crippen LogP contribution is 2.25. The van der Waals surface area contributed by atoms with Gasteiger partial charge >= 0.3 is 5.97 Å². The molecular formula is C18H15NO4. The summed E-state index contributed by atoms with van der Waals surface area (Å²) >= 11 is 0. The van der Waals surface area contributed by atoms with E-state index in [4.69, 9.17) is 4.42 Å². The van der Waals surface area contributed by atoms with E-state index in [1.807, 2.05) is 18.2 Å². The SMILES string of the molecule is Cc1c(C(=O)NC(C(=O)O)c2ccccc2)oc2ccccc12. The van der Waals surface area contributed by atoms with Crippen LogP contribution in [0.4, 0.5) is 0 Å². The first-order valence-electron chi connectivity index (χ1n) is 7.14. The van der Waals surface area contributed by atoms with Gasteiger partial charge in [-0.25, -0.2) is 4.79 Å². The monoisotopic (exact) mass is 309 g/mol. The van der Waals surface area contributed by atoms with Gasteiger partial charge in [0.05, 0.1) is 0 Å². The predicted molar refractivity (Wildman–Crippen MR) is 85.2 cm³/mol. The second-order valence-electron chi connectivity index (χ2n) is 5.21. The largest absolute Gasteiger partial charge is 0.479 e. The number of furan rings is 1. The molecule has 0 saturated heterocycles. The maximum atomic E-state index is 12.5. The smallest absolute Gasteiger partial charge is 0.330 e. The Kier molecular flexibility index (Phi) is 3.85. The van der Waals surface area contributed by atoms with E-state index >= 15 is 0 Å². The summed E-state index contributed by atoms with van der Waals surface area (Å²) in [5, 5.41) is 12.7. The lowest BCUT2D eigenvalue weighted by Crippen LogP contribution is -2.33. The number of hydrogen-bond donors (Lipinski definition) is 2. The molecule has 116 valence electrons. The topological polar surface area (TPSA) is 79.5 Å². The summed E-state index contributed by atoms with van der Waals surface area (Å²) in [6, 6.07) is 14.7. The molecule has 3 aromatic rings. The molecule has 1 aromatic heterocycles. The predicted octanol–water partition coefficient (Wildman–Crippen LogP) is 3.30. The Morgan fingerprint density at radius 3 is 2.35 bits per heavy atom. The zero-order chi connectivity index (χ0) is 16.4. The van der Waals surface area contributed by atoms with E-state index in [0.717, 1.165) is 5.39 Å². The third kappa shape index (κ3) is 2.81. The Hall–Kier alpha value is -3.08. The molecule has 23 heavy (non-hydrogen) atoms. The number of fused-ring (bicyclic) bond motifs is 1. The maximum Gasteiger partial charge on any atom is 0.330 e. The van der Waals surface area contributed by atoms with Crippen molar-refractivity contribution in [3.05, 3.63) is 71.5 Å². The van der Waals surface area contributed by atoms with Gasteiger partial charge in [0, 0.05) is 10.9 Å². The summed E-state index contributed by atoms with van der Waals surface area (Å²) in [7, 11) is 0. The highest BCUT2D eigenvalue weighted by molar-refractivity contribution is 6.00. The van der Waals surface area contributed by atoms with Crippen LogP contribution in [-0.2, 0) is 4.79 Å². The zero-order valence-electron chi connectivity index (χ0n) is 12.4. The van der Waals surface area contributed by atoms with Crippen LogP contribution in [0.5, 0.6) is 0 Å². The van der Waals surface area contributed by atoms with Crippen LogP contribution in [0.25, 0.3) is 11.0 Å². The number of carboxylic acid groups (broad SMARTS) is 1. The molecule has 3 rings (SSSR count). The number of carbonyl (C=O) groups excluding carboxylic acids is 1. The molecule has 2 aromatic carbocycles. The number of rotatable bonds is 4. The standard InChI is InChI=1S/C18H15NO4/c1-11-13-9-5-6-10-14(13)23-16(11)17(20)19-15(18(21)22)12-7-3-2-4-8-12/h2-10,15H,1H3,(H,19,20)(H,21,22). The van der Waals surface area contributed by atoms with Gasteiger partial charge in [0.15, 0.2) is 11.8 Å². The molecule has 0 fully saturated rings. The highest BCUT2D eigenvalue weighted by Gasteiger charge is 2.25. The van der Waals surface area contributed by atoms with Gasteiger partial charge in [-0.05, 0) is 18.6 Å². The molecule has 1 atom stereocenters. The molecule has 0 aliphatic heterocycles. The van der Waals surface area contributed by atoms with Gasteiger partial charge in [-0.3, -0.25) is 4.79 Å². The fourth-order valence-corrected chi connectivity index (χ4v) is 2.52. The number of aryl methyl sites for hydroxylation is 1. The highest BCUT2D eigenvalue weighted by atomic mass is 16.4. The molecule has 0 saturated carbocycles. The Morgan fingerprint density at radius 1 is 1.04 bits per heavy atom. The first-order valence-corrected chi connectivity index (χ1v) is 7.14. The van der Waals surface area contributed by atoms with Gasteiger partial charge in [0.2, 0.25) is 0 Å². The van der Waals surface area contributed by atoms with E-state index in [2.05, 4.69) is 5.32 Å². The minimum atomic E-state index is -1.13. The van der Waals surface area contributed by atoms with E-state index in [1.54, 1.807) is 43.3 Å². The average molecular weight is 309 g/mol. The van der Waals surface area contributed by atoms with Crippen molar-refractivity contribution in [2.24, 2.45) is 0 Å². The van der Waals surface area contributed by atoms with Crippen LogP contribution >= 0.6 is 0 Å². The summed E-state index contributed by atoms with van der Waals surface area (Å²) in [6.45, 7) is 1.78. The number of hydrogen-bond acceptors (Lipinski definition) is 3. The molecule has 1 heterocycles. The molecule has 0 aliphatic carbocycles. The second-order valence-corrected chi connectivity index (χ2v) is 5.21. The van der Waals surface area contributed by atoms with Crippen molar-refractivity contribution in [2.75, 3.05) is 0 Å². The second kappa shape index (κ2) is 5.96. The number of nitrogens with one attached hydrogen (secondary N) is 1. The van der Waals surface area contributed by atoms with E-state index in [0.29, 0.717) is 16.7 Å². The summed E-state index contributed by atoms with van der Waals surface area (Å²) in [5.41, 5.74) is 1.79. The molecule has 0 radical (unpaired) electrons. The lowest BCUT2D eigenvalue weighted by molar-refractivity contribution is -0.139. The third-order valence-corrected chi connectivity index (χ3v) is 3.71. The van der Waals surface area contributed by atoms with Crippen LogP contribution in [0, 0.1) is 6.92 Å². The van der Waals surface area contributed by atoms with E-state index < -0.39 is 17.9 Å². The number of carboxylic acids is 1. The van der Waals surface area contributed by atoms with Gasteiger partial charge in [-0.1, -0.05) is 48.5 Å². The van der Waals surface area contributed by atoms with Crippen molar-refractivity contribution in [3.63, 3.8) is 0 Å². The maximum absolute atomic E-state index is 12.5. The van der Waals surface area contributed by atoms with E-state index in [1.165, 1.54) is 0 Å². The normalized spacial score (nSPS) is 12.0. The number of aliphatic carboxylic acids is 1. The molecule has 1 unspecified atom stereocenters. The fraction of sp³-hybridized carbons (Fsp3) is 0.111. The average Bonchev–Trinajstić information content (AvgIpc) is 2.90. The molecule has 0 aliphatic rings. The van der Waals surface area contributed by atoms with Crippen LogP contribution in [0.3, 0.4) is 0 Å². The van der Waals surface area contributed by atoms with Crippen molar-refractivity contribution in [1.29, 1.82) is 0 Å². The summed E-state index contributed by atoms with van der Waals surface area (Å²) in [5.74, 6) is -1.54. The lowest BCUT2D eigenvalue weighted by atomic mass is 10.1. The molecule has 5 nitrogen and oxygen atoms in total. The first kappa shape index (κ1) is 14.8. The minimum Gasteiger partial charge on any atom is -0.479 e. The quantitative estimate of drug-likeness (QED) is 0.775. The number of benzene rings is 2. The molecule has 2 N–H and O–H groups in total. The number of carbonyl (C=O) groups is 2. The van der Waals surface area contributed by atoms with Crippen molar-refractivity contribution in [1.82, 2.24) is 5.32 Å². The van der Waals surface area contributed by atoms with Crippen molar-refractivity contribution >= 4 is 22.8 Å². The van der Waals surface area contributed by atoms with Crippen LogP contribution in [0.1, 0.15) is 27.7 Å².